The van der Waals surface area contributed by atoms with Crippen LogP contribution in [-0.4, -0.2) is 62.8 Å². The fourth-order valence-electron chi connectivity index (χ4n) is 2.50. The lowest BCUT2D eigenvalue weighted by molar-refractivity contribution is 0.108. The summed E-state index contributed by atoms with van der Waals surface area (Å²) in [6.45, 7) is 18.0. The van der Waals surface area contributed by atoms with Gasteiger partial charge in [-0.3, -0.25) is 9.89 Å². The molecule has 0 radical (unpaired) electrons. The van der Waals surface area contributed by atoms with Gasteiger partial charge in [0.2, 0.25) is 0 Å². The topological polar surface area (TPSA) is 48.9 Å². The van der Waals surface area contributed by atoms with E-state index in [4.69, 9.17) is 4.74 Å². The Kier molecular flexibility index (Phi) is 13.1. The Morgan fingerprint density at radius 1 is 0.957 bits per heavy atom. The number of nitrogens with one attached hydrogen (secondary N) is 2. The molecule has 0 aromatic carbocycles. The average molecular weight is 329 g/mol. The molecule has 0 fully saturated rings. The summed E-state index contributed by atoms with van der Waals surface area (Å²) >= 11 is 0. The van der Waals surface area contributed by atoms with Gasteiger partial charge in [0, 0.05) is 52.0 Å². The lowest BCUT2D eigenvalue weighted by Gasteiger charge is -2.30. The number of nitrogens with zero attached hydrogens (tertiary/aromatic N) is 2. The second-order valence-electron chi connectivity index (χ2n) is 7.03. The second kappa shape index (κ2) is 13.6. The molecule has 0 atom stereocenters. The van der Waals surface area contributed by atoms with Gasteiger partial charge in [-0.25, -0.2) is 0 Å². The summed E-state index contributed by atoms with van der Waals surface area (Å²) in [6.07, 6.45) is 2.12. The lowest BCUT2D eigenvalue weighted by atomic mass is 10.2. The van der Waals surface area contributed by atoms with Gasteiger partial charge in [-0.2, -0.15) is 0 Å². The minimum absolute atomic E-state index is 0.596. The molecule has 0 spiro atoms. The molecule has 0 aliphatic carbocycles. The van der Waals surface area contributed by atoms with Crippen LogP contribution in [0.25, 0.3) is 0 Å². The molecule has 0 heterocycles. The summed E-state index contributed by atoms with van der Waals surface area (Å²) in [5, 5.41) is 6.72. The van der Waals surface area contributed by atoms with Crippen LogP contribution in [0, 0.1) is 5.92 Å². The Morgan fingerprint density at radius 3 is 2.00 bits per heavy atom. The fraction of sp³-hybridized carbons (Fsp3) is 0.944. The zero-order chi connectivity index (χ0) is 17.7. The first-order valence-electron chi connectivity index (χ1n) is 9.16. The highest BCUT2D eigenvalue weighted by atomic mass is 16.5. The van der Waals surface area contributed by atoms with E-state index < -0.39 is 0 Å². The van der Waals surface area contributed by atoms with Crippen LogP contribution in [0.15, 0.2) is 4.99 Å². The minimum atomic E-state index is 0.596. The number of hydrogen-bond acceptors (Lipinski definition) is 3. The molecule has 0 unspecified atom stereocenters. The highest BCUT2D eigenvalue weighted by molar-refractivity contribution is 5.79. The van der Waals surface area contributed by atoms with E-state index in [-0.39, 0.29) is 0 Å². The van der Waals surface area contributed by atoms with Crippen molar-refractivity contribution in [1.82, 2.24) is 15.5 Å². The van der Waals surface area contributed by atoms with Gasteiger partial charge in [-0.1, -0.05) is 13.8 Å². The third kappa shape index (κ3) is 12.3. The SMILES string of the molecule is CN=C(NCCCOCC(C)C)NCCCN(C(C)C)C(C)C. The Bertz CT molecular complexity index is 295. The molecule has 5 heteroatoms. The summed E-state index contributed by atoms with van der Waals surface area (Å²) in [7, 11) is 1.82. The molecule has 23 heavy (non-hydrogen) atoms. The highest BCUT2D eigenvalue weighted by Gasteiger charge is 2.12. The van der Waals surface area contributed by atoms with Crippen LogP contribution >= 0.6 is 0 Å². The molecule has 0 aromatic rings. The minimum Gasteiger partial charge on any atom is -0.381 e. The standard InChI is InChI=1S/C18H40N4O/c1-15(2)14-23-13-9-11-21-18(19-7)20-10-8-12-22(16(3)4)17(5)6/h15-17H,8-14H2,1-7H3,(H2,19,20,21). The number of aliphatic imine (C=N–C) groups is 1. The van der Waals surface area contributed by atoms with Crippen molar-refractivity contribution in [3.8, 4) is 0 Å². The van der Waals surface area contributed by atoms with Crippen molar-refractivity contribution < 1.29 is 4.74 Å². The van der Waals surface area contributed by atoms with Gasteiger partial charge in [0.1, 0.15) is 0 Å². The van der Waals surface area contributed by atoms with E-state index >= 15 is 0 Å². The van der Waals surface area contributed by atoms with Crippen LogP contribution in [0.4, 0.5) is 0 Å². The fourth-order valence-corrected chi connectivity index (χ4v) is 2.50. The third-order valence-electron chi connectivity index (χ3n) is 3.64. The predicted octanol–water partition coefficient (Wildman–Crippen LogP) is 2.72. The first-order chi connectivity index (χ1) is 10.9. The van der Waals surface area contributed by atoms with E-state index in [0.717, 1.165) is 51.6 Å². The van der Waals surface area contributed by atoms with Crippen LogP contribution in [0.3, 0.4) is 0 Å². The molecule has 138 valence electrons. The summed E-state index contributed by atoms with van der Waals surface area (Å²) in [5.41, 5.74) is 0. The third-order valence-corrected chi connectivity index (χ3v) is 3.64. The summed E-state index contributed by atoms with van der Waals surface area (Å²) < 4.78 is 5.57. The van der Waals surface area contributed by atoms with E-state index in [1.807, 2.05) is 7.05 Å². The molecular weight excluding hydrogens is 288 g/mol. The Morgan fingerprint density at radius 2 is 1.52 bits per heavy atom. The summed E-state index contributed by atoms with van der Waals surface area (Å²) in [4.78, 5) is 6.78. The summed E-state index contributed by atoms with van der Waals surface area (Å²) in [6, 6.07) is 1.19. The average Bonchev–Trinajstić information content (AvgIpc) is 2.47. The monoisotopic (exact) mass is 328 g/mol. The Hall–Kier alpha value is -0.810. The molecule has 0 aliphatic rings. The molecule has 0 aliphatic heterocycles. The number of ether oxygens (including phenoxy) is 1. The van der Waals surface area contributed by atoms with E-state index in [0.29, 0.717) is 18.0 Å². The number of rotatable bonds is 12. The molecule has 0 rings (SSSR count). The van der Waals surface area contributed by atoms with Crippen LogP contribution in [0.2, 0.25) is 0 Å². The van der Waals surface area contributed by atoms with Crippen LogP contribution < -0.4 is 10.6 Å². The lowest BCUT2D eigenvalue weighted by Crippen LogP contribution is -2.41. The zero-order valence-electron chi connectivity index (χ0n) is 16.5. The number of hydrogen-bond donors (Lipinski definition) is 2. The van der Waals surface area contributed by atoms with E-state index in [1.54, 1.807) is 0 Å². The van der Waals surface area contributed by atoms with Gasteiger partial charge in [-0.15, -0.1) is 0 Å². The van der Waals surface area contributed by atoms with Crippen molar-refractivity contribution in [3.63, 3.8) is 0 Å². The van der Waals surface area contributed by atoms with Crippen molar-refractivity contribution in [3.05, 3.63) is 0 Å². The molecule has 0 saturated carbocycles. The van der Waals surface area contributed by atoms with Gasteiger partial charge >= 0.3 is 0 Å². The van der Waals surface area contributed by atoms with Crippen molar-refractivity contribution >= 4 is 5.96 Å². The van der Waals surface area contributed by atoms with Crippen molar-refractivity contribution in [1.29, 1.82) is 0 Å². The van der Waals surface area contributed by atoms with Gasteiger partial charge in [0.25, 0.3) is 0 Å². The van der Waals surface area contributed by atoms with Crippen molar-refractivity contribution in [2.75, 3.05) is 39.9 Å². The predicted molar refractivity (Wildman–Crippen MR) is 101 cm³/mol. The maximum Gasteiger partial charge on any atom is 0.190 e. The molecule has 0 saturated heterocycles. The highest BCUT2D eigenvalue weighted by Crippen LogP contribution is 2.05. The number of guanidine groups is 1. The molecule has 0 aromatic heterocycles. The first-order valence-corrected chi connectivity index (χ1v) is 9.16. The van der Waals surface area contributed by atoms with Crippen molar-refractivity contribution in [2.45, 2.75) is 66.5 Å². The smallest absolute Gasteiger partial charge is 0.190 e. The van der Waals surface area contributed by atoms with Gasteiger partial charge in [-0.05, 0) is 46.5 Å². The van der Waals surface area contributed by atoms with Gasteiger partial charge in [0.15, 0.2) is 5.96 Å². The van der Waals surface area contributed by atoms with Crippen molar-refractivity contribution in [2.24, 2.45) is 10.9 Å². The van der Waals surface area contributed by atoms with Crippen LogP contribution in [0.5, 0.6) is 0 Å². The molecule has 2 N–H and O–H groups in total. The van der Waals surface area contributed by atoms with Gasteiger partial charge < -0.3 is 15.4 Å². The zero-order valence-corrected chi connectivity index (χ0v) is 16.5. The van der Waals surface area contributed by atoms with E-state index in [1.165, 1.54) is 0 Å². The van der Waals surface area contributed by atoms with Crippen LogP contribution in [-0.2, 0) is 4.74 Å². The van der Waals surface area contributed by atoms with Gasteiger partial charge in [0.05, 0.1) is 0 Å². The van der Waals surface area contributed by atoms with Crippen LogP contribution in [0.1, 0.15) is 54.4 Å². The Balaban J connectivity index is 3.74. The molecule has 0 bridgehead atoms. The molecule has 5 nitrogen and oxygen atoms in total. The van der Waals surface area contributed by atoms with E-state index in [2.05, 4.69) is 62.1 Å². The molecule has 0 amide bonds. The maximum absolute atomic E-state index is 5.57. The largest absolute Gasteiger partial charge is 0.381 e. The Labute approximate surface area is 144 Å². The quantitative estimate of drug-likeness (QED) is 0.328. The second-order valence-corrected chi connectivity index (χ2v) is 7.03. The summed E-state index contributed by atoms with van der Waals surface area (Å²) in [5.74, 6) is 1.49. The molecular formula is C18H40N4O. The normalized spacial score (nSPS) is 12.7. The maximum atomic E-state index is 5.57. The first kappa shape index (κ1) is 22.2. The van der Waals surface area contributed by atoms with E-state index in [9.17, 15) is 0 Å².